The highest BCUT2D eigenvalue weighted by atomic mass is 79.9. The summed E-state index contributed by atoms with van der Waals surface area (Å²) in [6.07, 6.45) is 1.73. The highest BCUT2D eigenvalue weighted by molar-refractivity contribution is 9.10. The van der Waals surface area contributed by atoms with Crippen molar-refractivity contribution in [3.8, 4) is 11.5 Å². The molecule has 0 fully saturated rings. The Bertz CT molecular complexity index is 926. The van der Waals surface area contributed by atoms with E-state index in [1.807, 2.05) is 49.4 Å². The van der Waals surface area contributed by atoms with E-state index in [1.165, 1.54) is 6.07 Å². The van der Waals surface area contributed by atoms with Crippen molar-refractivity contribution in [2.75, 3.05) is 6.61 Å². The topological polar surface area (TPSA) is 30.8 Å². The number of nitrogens with zero attached hydrogens (tertiary/aromatic N) is 1. The molecule has 0 N–H and O–H groups in total. The third-order valence-electron chi connectivity index (χ3n) is 3.81. The normalized spacial score (nSPS) is 10.9. The second kappa shape index (κ2) is 9.33. The monoisotopic (exact) mass is 427 g/mol. The van der Waals surface area contributed by atoms with Gasteiger partial charge in [0, 0.05) is 21.8 Å². The van der Waals surface area contributed by atoms with Gasteiger partial charge in [-0.25, -0.2) is 4.39 Å². The standard InChI is InChI=1S/C22H19BrFNO2/c1-2-26-20-10-8-19(9-11-20)25-14-17-13-18(23)7-12-22(17)27-15-16-5-3-4-6-21(16)24/h3-14H,2,15H2,1H3. The Morgan fingerprint density at radius 2 is 1.78 bits per heavy atom. The molecule has 0 unspecified atom stereocenters. The van der Waals surface area contributed by atoms with Crippen molar-refractivity contribution in [3.05, 3.63) is 88.1 Å². The van der Waals surface area contributed by atoms with E-state index in [2.05, 4.69) is 20.9 Å². The van der Waals surface area contributed by atoms with Crippen LogP contribution in [-0.2, 0) is 6.61 Å². The molecule has 0 aliphatic rings. The summed E-state index contributed by atoms with van der Waals surface area (Å²) in [4.78, 5) is 4.50. The number of halogens is 2. The third-order valence-corrected chi connectivity index (χ3v) is 4.31. The van der Waals surface area contributed by atoms with E-state index in [0.717, 1.165) is 21.5 Å². The van der Waals surface area contributed by atoms with Gasteiger partial charge in [-0.1, -0.05) is 34.1 Å². The van der Waals surface area contributed by atoms with Crippen LogP contribution in [0.2, 0.25) is 0 Å². The Hall–Kier alpha value is -2.66. The second-order valence-corrected chi connectivity index (χ2v) is 6.66. The molecule has 0 spiro atoms. The summed E-state index contributed by atoms with van der Waals surface area (Å²) >= 11 is 3.46. The lowest BCUT2D eigenvalue weighted by molar-refractivity contribution is 0.299. The molecule has 0 radical (unpaired) electrons. The second-order valence-electron chi connectivity index (χ2n) is 5.75. The van der Waals surface area contributed by atoms with Gasteiger partial charge >= 0.3 is 0 Å². The first-order valence-electron chi connectivity index (χ1n) is 8.58. The molecule has 27 heavy (non-hydrogen) atoms. The molecule has 3 rings (SSSR count). The van der Waals surface area contributed by atoms with E-state index >= 15 is 0 Å². The molecule has 3 aromatic rings. The summed E-state index contributed by atoms with van der Waals surface area (Å²) in [5.41, 5.74) is 2.11. The van der Waals surface area contributed by atoms with Crippen LogP contribution in [0.1, 0.15) is 18.1 Å². The quantitative estimate of drug-likeness (QED) is 0.413. The molecule has 0 heterocycles. The lowest BCUT2D eigenvalue weighted by Crippen LogP contribution is -2.00. The Morgan fingerprint density at radius 1 is 1.00 bits per heavy atom. The van der Waals surface area contributed by atoms with Crippen molar-refractivity contribution in [2.24, 2.45) is 4.99 Å². The first-order chi connectivity index (χ1) is 13.2. The Kier molecular flexibility index (Phi) is 6.60. The van der Waals surface area contributed by atoms with Crippen LogP contribution in [0, 0.1) is 5.82 Å². The fourth-order valence-electron chi connectivity index (χ4n) is 2.46. The Morgan fingerprint density at radius 3 is 2.52 bits per heavy atom. The van der Waals surface area contributed by atoms with Gasteiger partial charge in [-0.05, 0) is 55.5 Å². The molecular formula is C22H19BrFNO2. The number of benzene rings is 3. The molecule has 3 nitrogen and oxygen atoms in total. The minimum Gasteiger partial charge on any atom is -0.494 e. The Balaban J connectivity index is 1.76. The van der Waals surface area contributed by atoms with E-state index in [0.29, 0.717) is 17.9 Å². The van der Waals surface area contributed by atoms with E-state index < -0.39 is 0 Å². The van der Waals surface area contributed by atoms with Crippen LogP contribution in [0.25, 0.3) is 0 Å². The number of ether oxygens (including phenoxy) is 2. The summed E-state index contributed by atoms with van der Waals surface area (Å²) in [6, 6.07) is 19.8. The van der Waals surface area contributed by atoms with E-state index in [9.17, 15) is 4.39 Å². The van der Waals surface area contributed by atoms with Crippen molar-refractivity contribution in [1.82, 2.24) is 0 Å². The molecule has 5 heteroatoms. The lowest BCUT2D eigenvalue weighted by atomic mass is 10.2. The summed E-state index contributed by atoms with van der Waals surface area (Å²) < 4.78 is 26.0. The molecule has 0 amide bonds. The zero-order valence-electron chi connectivity index (χ0n) is 14.9. The summed E-state index contributed by atoms with van der Waals surface area (Å²) in [7, 11) is 0. The van der Waals surface area contributed by atoms with Crippen LogP contribution >= 0.6 is 15.9 Å². The fraction of sp³-hybridized carbons (Fsp3) is 0.136. The number of hydrogen-bond acceptors (Lipinski definition) is 3. The van der Waals surface area contributed by atoms with Crippen molar-refractivity contribution in [1.29, 1.82) is 0 Å². The molecule has 0 saturated carbocycles. The van der Waals surface area contributed by atoms with Gasteiger partial charge in [-0.15, -0.1) is 0 Å². The molecule has 0 aromatic heterocycles. The zero-order valence-corrected chi connectivity index (χ0v) is 16.4. The lowest BCUT2D eigenvalue weighted by Gasteiger charge is -2.10. The van der Waals surface area contributed by atoms with Crippen molar-refractivity contribution < 1.29 is 13.9 Å². The average Bonchev–Trinajstić information content (AvgIpc) is 2.68. The minimum atomic E-state index is -0.279. The maximum absolute atomic E-state index is 13.8. The van der Waals surface area contributed by atoms with E-state index in [-0.39, 0.29) is 12.4 Å². The predicted molar refractivity (Wildman–Crippen MR) is 110 cm³/mol. The third kappa shape index (κ3) is 5.41. The number of aliphatic imine (C=N–C) groups is 1. The molecule has 0 saturated heterocycles. The van der Waals surface area contributed by atoms with Gasteiger partial charge < -0.3 is 9.47 Å². The molecule has 0 aliphatic carbocycles. The summed E-state index contributed by atoms with van der Waals surface area (Å²) in [6.45, 7) is 2.73. The van der Waals surface area contributed by atoms with Gasteiger partial charge in [-0.3, -0.25) is 4.99 Å². The molecular weight excluding hydrogens is 409 g/mol. The Labute approximate surface area is 166 Å². The van der Waals surface area contributed by atoms with Gasteiger partial charge in [0.15, 0.2) is 0 Å². The van der Waals surface area contributed by atoms with Gasteiger partial charge in [0.1, 0.15) is 23.9 Å². The molecule has 0 aliphatic heterocycles. The summed E-state index contributed by atoms with van der Waals surface area (Å²) in [5.74, 6) is 1.17. The van der Waals surface area contributed by atoms with E-state index in [4.69, 9.17) is 9.47 Å². The molecule has 0 bridgehead atoms. The smallest absolute Gasteiger partial charge is 0.129 e. The van der Waals surface area contributed by atoms with Crippen LogP contribution in [0.15, 0.2) is 76.2 Å². The van der Waals surface area contributed by atoms with Crippen molar-refractivity contribution in [3.63, 3.8) is 0 Å². The summed E-state index contributed by atoms with van der Waals surface area (Å²) in [5, 5.41) is 0. The van der Waals surface area contributed by atoms with Crippen LogP contribution in [-0.4, -0.2) is 12.8 Å². The molecule has 138 valence electrons. The molecule has 0 atom stereocenters. The van der Waals surface area contributed by atoms with Crippen molar-refractivity contribution in [2.45, 2.75) is 13.5 Å². The first kappa shape index (κ1) is 19.1. The number of hydrogen-bond donors (Lipinski definition) is 0. The highest BCUT2D eigenvalue weighted by Crippen LogP contribution is 2.25. The van der Waals surface area contributed by atoms with E-state index in [1.54, 1.807) is 24.4 Å². The average molecular weight is 428 g/mol. The fourth-order valence-corrected chi connectivity index (χ4v) is 2.84. The largest absolute Gasteiger partial charge is 0.494 e. The van der Waals surface area contributed by atoms with Gasteiger partial charge in [-0.2, -0.15) is 0 Å². The van der Waals surface area contributed by atoms with Crippen LogP contribution < -0.4 is 9.47 Å². The van der Waals surface area contributed by atoms with Crippen LogP contribution in [0.3, 0.4) is 0 Å². The highest BCUT2D eigenvalue weighted by Gasteiger charge is 2.06. The predicted octanol–water partition coefficient (Wildman–Crippen LogP) is 6.32. The van der Waals surface area contributed by atoms with Crippen molar-refractivity contribution >= 4 is 27.8 Å². The maximum atomic E-state index is 13.8. The zero-order chi connectivity index (χ0) is 19.1. The first-order valence-corrected chi connectivity index (χ1v) is 9.37. The SMILES string of the molecule is CCOc1ccc(N=Cc2cc(Br)ccc2OCc2ccccc2F)cc1. The minimum absolute atomic E-state index is 0.151. The van der Waals surface area contributed by atoms with Gasteiger partial charge in [0.05, 0.1) is 12.3 Å². The van der Waals surface area contributed by atoms with Crippen LogP contribution in [0.4, 0.5) is 10.1 Å². The van der Waals surface area contributed by atoms with Gasteiger partial charge in [0.2, 0.25) is 0 Å². The van der Waals surface area contributed by atoms with Gasteiger partial charge in [0.25, 0.3) is 0 Å². The molecule has 3 aromatic carbocycles. The number of rotatable bonds is 7. The van der Waals surface area contributed by atoms with Crippen LogP contribution in [0.5, 0.6) is 11.5 Å². The maximum Gasteiger partial charge on any atom is 0.129 e.